The summed E-state index contributed by atoms with van der Waals surface area (Å²) in [4.78, 5) is 5.90. The molecule has 1 aliphatic rings. The standard InChI is InChI=1S/C13H17NOS/c1-15-13-7-3-2-5-11(14-13)8-9-12-6-4-10-16-12/h4,6,8-11H,2-3,5,7H2,1H3/b9-8+. The van der Waals surface area contributed by atoms with Crippen LogP contribution in [-0.2, 0) is 4.74 Å². The van der Waals surface area contributed by atoms with Gasteiger partial charge in [-0.3, -0.25) is 0 Å². The number of hydrogen-bond acceptors (Lipinski definition) is 3. The van der Waals surface area contributed by atoms with Crippen molar-refractivity contribution >= 4 is 23.3 Å². The third kappa shape index (κ3) is 3.20. The van der Waals surface area contributed by atoms with Gasteiger partial charge in [0.2, 0.25) is 0 Å². The van der Waals surface area contributed by atoms with Gasteiger partial charge >= 0.3 is 0 Å². The highest BCUT2D eigenvalue weighted by Crippen LogP contribution is 2.17. The lowest BCUT2D eigenvalue weighted by Gasteiger charge is -2.05. The molecule has 1 aliphatic heterocycles. The van der Waals surface area contributed by atoms with E-state index in [4.69, 9.17) is 4.74 Å². The van der Waals surface area contributed by atoms with Crippen molar-refractivity contribution in [2.24, 2.45) is 4.99 Å². The average molecular weight is 235 g/mol. The Labute approximate surface area is 101 Å². The normalized spacial score (nSPS) is 21.8. The molecule has 0 N–H and O–H groups in total. The molecule has 0 aliphatic carbocycles. The Kier molecular flexibility index (Phi) is 4.17. The fourth-order valence-electron chi connectivity index (χ4n) is 1.83. The molecule has 0 aromatic carbocycles. The van der Waals surface area contributed by atoms with Crippen molar-refractivity contribution < 1.29 is 4.74 Å². The van der Waals surface area contributed by atoms with E-state index >= 15 is 0 Å². The molecule has 0 fully saturated rings. The molecule has 16 heavy (non-hydrogen) atoms. The number of thiophene rings is 1. The van der Waals surface area contributed by atoms with Crippen molar-refractivity contribution in [1.82, 2.24) is 0 Å². The second-order valence-electron chi connectivity index (χ2n) is 3.91. The maximum Gasteiger partial charge on any atom is 0.183 e. The molecule has 0 saturated carbocycles. The van der Waals surface area contributed by atoms with Crippen LogP contribution >= 0.6 is 11.3 Å². The second kappa shape index (κ2) is 5.85. The summed E-state index contributed by atoms with van der Waals surface area (Å²) >= 11 is 1.76. The van der Waals surface area contributed by atoms with Crippen LogP contribution in [0.4, 0.5) is 0 Å². The van der Waals surface area contributed by atoms with Crippen LogP contribution in [0.5, 0.6) is 0 Å². The smallest absolute Gasteiger partial charge is 0.183 e. The van der Waals surface area contributed by atoms with Gasteiger partial charge in [0.15, 0.2) is 5.90 Å². The van der Waals surface area contributed by atoms with Gasteiger partial charge in [-0.1, -0.05) is 18.6 Å². The zero-order chi connectivity index (χ0) is 11.2. The molecular weight excluding hydrogens is 218 g/mol. The number of ether oxygens (including phenoxy) is 1. The van der Waals surface area contributed by atoms with E-state index in [1.165, 1.54) is 17.7 Å². The van der Waals surface area contributed by atoms with Crippen LogP contribution < -0.4 is 0 Å². The number of rotatable bonds is 2. The topological polar surface area (TPSA) is 21.6 Å². The Balaban J connectivity index is 2.02. The highest BCUT2D eigenvalue weighted by Gasteiger charge is 2.10. The van der Waals surface area contributed by atoms with E-state index in [-0.39, 0.29) is 0 Å². The third-order valence-corrected chi connectivity index (χ3v) is 3.55. The SMILES string of the molecule is COC1=NC(/C=C/c2cccs2)CCCC1. The van der Waals surface area contributed by atoms with Gasteiger partial charge in [-0.15, -0.1) is 11.3 Å². The van der Waals surface area contributed by atoms with E-state index in [1.54, 1.807) is 18.4 Å². The lowest BCUT2D eigenvalue weighted by atomic mass is 10.1. The van der Waals surface area contributed by atoms with Gasteiger partial charge in [0.1, 0.15) is 0 Å². The second-order valence-corrected chi connectivity index (χ2v) is 4.89. The van der Waals surface area contributed by atoms with Gasteiger partial charge in [0.25, 0.3) is 0 Å². The van der Waals surface area contributed by atoms with Crippen LogP contribution in [-0.4, -0.2) is 19.0 Å². The molecule has 2 nitrogen and oxygen atoms in total. The molecule has 0 saturated heterocycles. The van der Waals surface area contributed by atoms with Gasteiger partial charge < -0.3 is 4.74 Å². The van der Waals surface area contributed by atoms with Crippen LogP contribution in [0, 0.1) is 0 Å². The first-order valence-corrected chi connectivity index (χ1v) is 6.59. The maximum absolute atomic E-state index is 5.26. The summed E-state index contributed by atoms with van der Waals surface area (Å²) in [6.07, 6.45) is 8.90. The zero-order valence-corrected chi connectivity index (χ0v) is 10.4. The van der Waals surface area contributed by atoms with Crippen molar-refractivity contribution in [2.45, 2.75) is 31.7 Å². The first-order valence-electron chi connectivity index (χ1n) is 5.71. The quantitative estimate of drug-likeness (QED) is 0.765. The summed E-state index contributed by atoms with van der Waals surface area (Å²) in [5.41, 5.74) is 0. The van der Waals surface area contributed by atoms with Crippen molar-refractivity contribution in [3.63, 3.8) is 0 Å². The Morgan fingerprint density at radius 3 is 3.19 bits per heavy atom. The molecule has 3 heteroatoms. The summed E-state index contributed by atoms with van der Waals surface area (Å²) in [7, 11) is 1.71. The van der Waals surface area contributed by atoms with Crippen LogP contribution in [0.15, 0.2) is 28.6 Å². The van der Waals surface area contributed by atoms with Crippen molar-refractivity contribution in [2.75, 3.05) is 7.11 Å². The monoisotopic (exact) mass is 235 g/mol. The number of aliphatic imine (C=N–C) groups is 1. The van der Waals surface area contributed by atoms with Crippen molar-refractivity contribution in [1.29, 1.82) is 0 Å². The summed E-state index contributed by atoms with van der Waals surface area (Å²) in [6, 6.07) is 4.49. The van der Waals surface area contributed by atoms with E-state index in [9.17, 15) is 0 Å². The first kappa shape index (κ1) is 11.4. The summed E-state index contributed by atoms with van der Waals surface area (Å²) in [5.74, 6) is 0.901. The van der Waals surface area contributed by atoms with Gasteiger partial charge in [0, 0.05) is 11.3 Å². The molecule has 2 rings (SSSR count). The van der Waals surface area contributed by atoms with Crippen LogP contribution in [0.25, 0.3) is 6.08 Å². The average Bonchev–Trinajstić information content (AvgIpc) is 2.71. The predicted octanol–water partition coefficient (Wildman–Crippen LogP) is 3.75. The molecule has 86 valence electrons. The van der Waals surface area contributed by atoms with Crippen molar-refractivity contribution in [3.05, 3.63) is 28.5 Å². The Morgan fingerprint density at radius 2 is 2.44 bits per heavy atom. The maximum atomic E-state index is 5.26. The van der Waals surface area contributed by atoms with E-state index in [0.717, 1.165) is 18.7 Å². The highest BCUT2D eigenvalue weighted by molar-refractivity contribution is 7.10. The van der Waals surface area contributed by atoms with E-state index < -0.39 is 0 Å². The minimum atomic E-state index is 0.291. The number of hydrogen-bond donors (Lipinski definition) is 0. The minimum Gasteiger partial charge on any atom is -0.484 e. The molecular formula is C13H17NOS. The predicted molar refractivity (Wildman–Crippen MR) is 70.1 cm³/mol. The highest BCUT2D eigenvalue weighted by atomic mass is 32.1. The van der Waals surface area contributed by atoms with Crippen LogP contribution in [0.2, 0.25) is 0 Å². The molecule has 2 heterocycles. The minimum absolute atomic E-state index is 0.291. The van der Waals surface area contributed by atoms with Gasteiger partial charge in [-0.05, 0) is 30.4 Å². The Hall–Kier alpha value is -1.09. The van der Waals surface area contributed by atoms with E-state index in [0.29, 0.717) is 6.04 Å². The van der Waals surface area contributed by atoms with Gasteiger partial charge in [0.05, 0.1) is 13.2 Å². The zero-order valence-electron chi connectivity index (χ0n) is 9.56. The molecule has 0 radical (unpaired) electrons. The summed E-state index contributed by atoms with van der Waals surface area (Å²) < 4.78 is 5.26. The fourth-order valence-corrected chi connectivity index (χ4v) is 2.46. The van der Waals surface area contributed by atoms with Gasteiger partial charge in [-0.25, -0.2) is 4.99 Å². The Morgan fingerprint density at radius 1 is 1.50 bits per heavy atom. The molecule has 0 amide bonds. The van der Waals surface area contributed by atoms with E-state index in [1.807, 2.05) is 0 Å². The molecule has 0 spiro atoms. The first-order chi connectivity index (χ1) is 7.88. The van der Waals surface area contributed by atoms with E-state index in [2.05, 4.69) is 34.7 Å². The molecule has 1 unspecified atom stereocenters. The fraction of sp³-hybridized carbons (Fsp3) is 0.462. The summed E-state index contributed by atoms with van der Waals surface area (Å²) in [6.45, 7) is 0. The molecule has 1 atom stereocenters. The van der Waals surface area contributed by atoms with Crippen LogP contribution in [0.3, 0.4) is 0 Å². The number of methoxy groups -OCH3 is 1. The van der Waals surface area contributed by atoms with Crippen molar-refractivity contribution in [3.8, 4) is 0 Å². The Bertz CT molecular complexity index is 367. The lowest BCUT2D eigenvalue weighted by Crippen LogP contribution is -2.04. The third-order valence-electron chi connectivity index (χ3n) is 2.71. The molecule has 1 aromatic rings. The largest absolute Gasteiger partial charge is 0.484 e. The molecule has 0 bridgehead atoms. The summed E-state index contributed by atoms with van der Waals surface area (Å²) in [5, 5.41) is 2.09. The molecule has 1 aromatic heterocycles. The van der Waals surface area contributed by atoms with Gasteiger partial charge in [-0.2, -0.15) is 0 Å². The number of nitrogens with zero attached hydrogens (tertiary/aromatic N) is 1. The lowest BCUT2D eigenvalue weighted by molar-refractivity contribution is 0.387. The van der Waals surface area contributed by atoms with Crippen LogP contribution in [0.1, 0.15) is 30.6 Å².